The summed E-state index contributed by atoms with van der Waals surface area (Å²) in [5.74, 6) is -0.559. The van der Waals surface area contributed by atoms with Crippen molar-refractivity contribution in [2.75, 3.05) is 0 Å². The molecule has 1 atom stereocenters. The Morgan fingerprint density at radius 1 is 1.35 bits per heavy atom. The van der Waals surface area contributed by atoms with Gasteiger partial charge in [-0.1, -0.05) is 24.3 Å². The van der Waals surface area contributed by atoms with Gasteiger partial charge in [0.1, 0.15) is 6.42 Å². The number of benzene rings is 1. The van der Waals surface area contributed by atoms with Gasteiger partial charge in [-0.2, -0.15) is 13.2 Å². The zero-order valence-electron chi connectivity index (χ0n) is 12.3. The number of carbonyl (C=O) groups is 1. The number of carbonyl (C=O) groups excluding carboxylic acids is 1. The zero-order chi connectivity index (χ0) is 16.7. The van der Waals surface area contributed by atoms with Gasteiger partial charge in [0, 0.05) is 6.92 Å². The van der Waals surface area contributed by atoms with Gasteiger partial charge in [0.15, 0.2) is 5.54 Å². The van der Waals surface area contributed by atoms with Crippen molar-refractivity contribution < 1.29 is 22.4 Å². The number of nitrogens with one attached hydrogen (secondary N) is 1. The molecule has 2 aromatic rings. The summed E-state index contributed by atoms with van der Waals surface area (Å²) in [5.41, 5.74) is -1.67. The van der Waals surface area contributed by atoms with Crippen molar-refractivity contribution in [1.29, 1.82) is 0 Å². The molecule has 0 unspecified atom stereocenters. The maximum absolute atomic E-state index is 13.7. The summed E-state index contributed by atoms with van der Waals surface area (Å²) < 4.78 is 46.2. The van der Waals surface area contributed by atoms with Crippen molar-refractivity contribution in [3.05, 3.63) is 47.2 Å². The fourth-order valence-electron chi connectivity index (χ4n) is 2.94. The van der Waals surface area contributed by atoms with Gasteiger partial charge in [-0.15, -0.1) is 10.2 Å². The van der Waals surface area contributed by atoms with Crippen LogP contribution in [0, 0.1) is 6.92 Å². The van der Waals surface area contributed by atoms with Crippen molar-refractivity contribution in [2.45, 2.75) is 37.9 Å². The van der Waals surface area contributed by atoms with Crippen LogP contribution in [0.5, 0.6) is 0 Å². The molecule has 1 N–H and O–H groups in total. The van der Waals surface area contributed by atoms with E-state index in [1.165, 1.54) is 12.1 Å². The highest BCUT2D eigenvalue weighted by Gasteiger charge is 2.59. The van der Waals surface area contributed by atoms with Crippen molar-refractivity contribution in [1.82, 2.24) is 15.5 Å². The zero-order valence-corrected chi connectivity index (χ0v) is 12.3. The normalized spacial score (nSPS) is 20.3. The molecular formula is C15H14F3N3O2. The summed E-state index contributed by atoms with van der Waals surface area (Å²) in [5, 5.41) is 9.34. The molecule has 0 radical (unpaired) electrons. The van der Waals surface area contributed by atoms with Gasteiger partial charge in [-0.25, -0.2) is 0 Å². The Labute approximate surface area is 129 Å². The molecule has 0 fully saturated rings. The molecule has 1 heterocycles. The number of halogens is 3. The van der Waals surface area contributed by atoms with Crippen molar-refractivity contribution >= 4 is 5.91 Å². The SMILES string of the molecule is Cc1nnc(CC(=O)N[C@@]2(C(F)(F)F)CCc3ccccc32)o1. The van der Waals surface area contributed by atoms with Gasteiger partial charge in [-0.05, 0) is 24.0 Å². The first-order valence-corrected chi connectivity index (χ1v) is 7.07. The molecule has 0 spiro atoms. The molecule has 122 valence electrons. The second-order valence-electron chi connectivity index (χ2n) is 5.50. The third-order valence-electron chi connectivity index (χ3n) is 3.96. The lowest BCUT2D eigenvalue weighted by Crippen LogP contribution is -2.55. The smallest absolute Gasteiger partial charge is 0.415 e. The van der Waals surface area contributed by atoms with Crippen LogP contribution in [-0.2, 0) is 23.2 Å². The maximum atomic E-state index is 13.7. The highest BCUT2D eigenvalue weighted by atomic mass is 19.4. The first kappa shape index (κ1) is 15.5. The number of hydrogen-bond donors (Lipinski definition) is 1. The Morgan fingerprint density at radius 2 is 2.09 bits per heavy atom. The maximum Gasteiger partial charge on any atom is 0.415 e. The molecule has 8 heteroatoms. The predicted molar refractivity (Wildman–Crippen MR) is 73.4 cm³/mol. The van der Waals surface area contributed by atoms with Crippen LogP contribution >= 0.6 is 0 Å². The molecule has 1 aliphatic rings. The number of nitrogens with zero attached hydrogens (tertiary/aromatic N) is 2. The standard InChI is InChI=1S/C15H14F3N3O2/c1-9-20-21-13(23-9)8-12(22)19-14(15(16,17)18)7-6-10-4-2-3-5-11(10)14/h2-5H,6-8H2,1H3,(H,19,22)/t14-/m0/s1. The molecule has 0 saturated heterocycles. The van der Waals surface area contributed by atoms with E-state index < -0.39 is 17.6 Å². The molecule has 1 aliphatic carbocycles. The highest BCUT2D eigenvalue weighted by molar-refractivity contribution is 5.79. The van der Waals surface area contributed by atoms with Crippen LogP contribution in [0.4, 0.5) is 13.2 Å². The van der Waals surface area contributed by atoms with Gasteiger partial charge in [0.25, 0.3) is 0 Å². The first-order valence-electron chi connectivity index (χ1n) is 7.07. The minimum atomic E-state index is -4.60. The van der Waals surface area contributed by atoms with E-state index in [1.54, 1.807) is 19.1 Å². The third-order valence-corrected chi connectivity index (χ3v) is 3.96. The highest BCUT2D eigenvalue weighted by Crippen LogP contribution is 2.48. The number of alkyl halides is 3. The van der Waals surface area contributed by atoms with Gasteiger partial charge < -0.3 is 9.73 Å². The quantitative estimate of drug-likeness (QED) is 0.941. The summed E-state index contributed by atoms with van der Waals surface area (Å²) >= 11 is 0. The van der Waals surface area contributed by atoms with E-state index in [9.17, 15) is 18.0 Å². The van der Waals surface area contributed by atoms with Crippen LogP contribution in [0.1, 0.15) is 29.3 Å². The average molecular weight is 325 g/mol. The Morgan fingerprint density at radius 3 is 2.74 bits per heavy atom. The Kier molecular flexibility index (Phi) is 3.62. The van der Waals surface area contributed by atoms with E-state index >= 15 is 0 Å². The third kappa shape index (κ3) is 2.69. The summed E-state index contributed by atoms with van der Waals surface area (Å²) in [4.78, 5) is 12.1. The molecule has 0 saturated carbocycles. The fourth-order valence-corrected chi connectivity index (χ4v) is 2.94. The second kappa shape index (κ2) is 5.36. The van der Waals surface area contributed by atoms with E-state index in [0.717, 1.165) is 0 Å². The molecule has 1 aromatic carbocycles. The minimum absolute atomic E-state index is 0.0105. The monoisotopic (exact) mass is 325 g/mol. The van der Waals surface area contributed by atoms with Crippen LogP contribution in [-0.4, -0.2) is 22.3 Å². The summed E-state index contributed by atoms with van der Waals surface area (Å²) in [6.45, 7) is 1.54. The molecule has 1 amide bonds. The van der Waals surface area contributed by atoms with Crippen molar-refractivity contribution in [3.63, 3.8) is 0 Å². The molecular weight excluding hydrogens is 311 g/mol. The summed E-state index contributed by atoms with van der Waals surface area (Å²) in [6, 6.07) is 6.29. The number of aromatic nitrogens is 2. The Bertz CT molecular complexity index is 742. The molecule has 23 heavy (non-hydrogen) atoms. The molecule has 5 nitrogen and oxygen atoms in total. The number of amides is 1. The van der Waals surface area contributed by atoms with Crippen molar-refractivity contribution in [2.24, 2.45) is 0 Å². The van der Waals surface area contributed by atoms with E-state index in [4.69, 9.17) is 4.42 Å². The summed E-state index contributed by atoms with van der Waals surface area (Å²) in [6.07, 6.45) is -4.94. The second-order valence-corrected chi connectivity index (χ2v) is 5.50. The largest absolute Gasteiger partial charge is 0.425 e. The molecule has 0 bridgehead atoms. The number of aryl methyl sites for hydroxylation is 2. The van der Waals surface area contributed by atoms with Crippen LogP contribution in [0.25, 0.3) is 0 Å². The topological polar surface area (TPSA) is 68.0 Å². The van der Waals surface area contributed by atoms with Crippen LogP contribution in [0.3, 0.4) is 0 Å². The number of hydrogen-bond acceptors (Lipinski definition) is 4. The number of fused-ring (bicyclic) bond motifs is 1. The van der Waals surface area contributed by atoms with E-state index in [1.807, 2.05) is 0 Å². The van der Waals surface area contributed by atoms with E-state index in [2.05, 4.69) is 15.5 Å². The van der Waals surface area contributed by atoms with E-state index in [-0.39, 0.29) is 36.6 Å². The molecule has 1 aromatic heterocycles. The van der Waals surface area contributed by atoms with Gasteiger partial charge in [0.2, 0.25) is 17.7 Å². The molecule has 3 rings (SSSR count). The van der Waals surface area contributed by atoms with Gasteiger partial charge in [-0.3, -0.25) is 4.79 Å². The fraction of sp³-hybridized carbons (Fsp3) is 0.400. The van der Waals surface area contributed by atoms with E-state index in [0.29, 0.717) is 5.56 Å². The Balaban J connectivity index is 1.89. The number of rotatable bonds is 3. The lowest BCUT2D eigenvalue weighted by molar-refractivity contribution is -0.202. The average Bonchev–Trinajstić information content (AvgIpc) is 3.04. The summed E-state index contributed by atoms with van der Waals surface area (Å²) in [7, 11) is 0. The molecule has 0 aliphatic heterocycles. The minimum Gasteiger partial charge on any atom is -0.425 e. The Hall–Kier alpha value is -2.38. The van der Waals surface area contributed by atoms with Crippen LogP contribution in [0.15, 0.2) is 28.7 Å². The van der Waals surface area contributed by atoms with Gasteiger partial charge >= 0.3 is 6.18 Å². The lowest BCUT2D eigenvalue weighted by atomic mass is 9.90. The predicted octanol–water partition coefficient (Wildman–Crippen LogP) is 2.44. The van der Waals surface area contributed by atoms with Crippen LogP contribution < -0.4 is 5.32 Å². The first-order chi connectivity index (χ1) is 10.8. The van der Waals surface area contributed by atoms with Crippen LogP contribution in [0.2, 0.25) is 0 Å². The van der Waals surface area contributed by atoms with Crippen molar-refractivity contribution in [3.8, 4) is 0 Å². The lowest BCUT2D eigenvalue weighted by Gasteiger charge is -2.33. The van der Waals surface area contributed by atoms with Gasteiger partial charge in [0.05, 0.1) is 0 Å².